The van der Waals surface area contributed by atoms with Crippen LogP contribution in [0, 0.1) is 0 Å². The van der Waals surface area contributed by atoms with E-state index in [9.17, 15) is 13.2 Å². The highest BCUT2D eigenvalue weighted by molar-refractivity contribution is 7.89. The van der Waals surface area contributed by atoms with Gasteiger partial charge >= 0.3 is 6.03 Å². The summed E-state index contributed by atoms with van der Waals surface area (Å²) in [5, 5.41) is 4.94. The zero-order valence-corrected chi connectivity index (χ0v) is 14.6. The summed E-state index contributed by atoms with van der Waals surface area (Å²) in [6, 6.07) is 2.10. The Morgan fingerprint density at radius 3 is 2.95 bits per heavy atom. The molecule has 2 rings (SSSR count). The van der Waals surface area contributed by atoms with Crippen molar-refractivity contribution in [2.75, 3.05) is 25.4 Å². The average molecular weight is 345 g/mol. The van der Waals surface area contributed by atoms with Gasteiger partial charge in [0, 0.05) is 24.5 Å². The normalized spacial score (nSPS) is 18.1. The van der Waals surface area contributed by atoms with Crippen molar-refractivity contribution in [3.63, 3.8) is 0 Å². The summed E-state index contributed by atoms with van der Waals surface area (Å²) in [4.78, 5) is 15.4. The van der Waals surface area contributed by atoms with Crippen molar-refractivity contribution in [3.05, 3.63) is 21.9 Å². The van der Waals surface area contributed by atoms with Gasteiger partial charge in [-0.2, -0.15) is 0 Å². The number of rotatable bonds is 6. The molecule has 1 aromatic heterocycles. The third-order valence-electron chi connectivity index (χ3n) is 3.87. The first kappa shape index (κ1) is 17.2. The lowest BCUT2D eigenvalue weighted by Crippen LogP contribution is -2.45. The molecule has 1 aliphatic rings. The second-order valence-corrected chi connectivity index (χ2v) is 8.40. The maximum absolute atomic E-state index is 12.2. The molecular weight excluding hydrogens is 322 g/mol. The van der Waals surface area contributed by atoms with Crippen LogP contribution in [0.15, 0.2) is 11.4 Å². The highest BCUT2D eigenvalue weighted by Gasteiger charge is 2.27. The zero-order chi connectivity index (χ0) is 16.2. The van der Waals surface area contributed by atoms with Crippen LogP contribution in [-0.4, -0.2) is 44.7 Å². The number of amides is 2. The molecule has 1 aliphatic heterocycles. The summed E-state index contributed by atoms with van der Waals surface area (Å²) >= 11 is 1.75. The third-order valence-corrected chi connectivity index (χ3v) is 6.27. The molecule has 2 heterocycles. The molecule has 22 heavy (non-hydrogen) atoms. The van der Waals surface area contributed by atoms with Crippen LogP contribution in [0.3, 0.4) is 0 Å². The van der Waals surface area contributed by atoms with E-state index in [0.717, 1.165) is 13.0 Å². The fourth-order valence-electron chi connectivity index (χ4n) is 2.50. The van der Waals surface area contributed by atoms with Crippen LogP contribution in [0.25, 0.3) is 0 Å². The van der Waals surface area contributed by atoms with E-state index in [1.165, 1.54) is 10.4 Å². The third kappa shape index (κ3) is 4.21. The van der Waals surface area contributed by atoms with Crippen molar-refractivity contribution < 1.29 is 13.2 Å². The fourth-order valence-corrected chi connectivity index (χ4v) is 4.12. The van der Waals surface area contributed by atoms with Crippen molar-refractivity contribution in [1.82, 2.24) is 14.9 Å². The van der Waals surface area contributed by atoms with Gasteiger partial charge in [-0.15, -0.1) is 11.3 Å². The minimum absolute atomic E-state index is 0.0770. The van der Waals surface area contributed by atoms with Crippen molar-refractivity contribution in [2.45, 2.75) is 32.7 Å². The van der Waals surface area contributed by atoms with Crippen LogP contribution in [0.4, 0.5) is 4.79 Å². The monoisotopic (exact) mass is 345 g/mol. The Morgan fingerprint density at radius 2 is 2.23 bits per heavy atom. The predicted octanol–water partition coefficient (Wildman–Crippen LogP) is 1.71. The fraction of sp³-hybridized carbons (Fsp3) is 0.643. The van der Waals surface area contributed by atoms with E-state index < -0.39 is 10.0 Å². The number of sulfonamides is 1. The summed E-state index contributed by atoms with van der Waals surface area (Å²) in [6.07, 6.45) is 1.48. The average Bonchev–Trinajstić information content (AvgIpc) is 2.96. The molecule has 124 valence electrons. The Bertz CT molecular complexity index is 613. The Hall–Kier alpha value is -1.12. The van der Waals surface area contributed by atoms with E-state index in [0.29, 0.717) is 19.5 Å². The van der Waals surface area contributed by atoms with Crippen LogP contribution in [0.1, 0.15) is 36.8 Å². The molecule has 2 amide bonds. The molecular formula is C14H23N3O3S2. The molecule has 0 saturated carbocycles. The van der Waals surface area contributed by atoms with Gasteiger partial charge in [-0.05, 0) is 43.7 Å². The lowest BCUT2D eigenvalue weighted by atomic mass is 10.0. The molecule has 0 fully saturated rings. The molecule has 0 saturated heterocycles. The highest BCUT2D eigenvalue weighted by atomic mass is 32.2. The minimum atomic E-state index is -3.15. The molecule has 0 spiro atoms. The van der Waals surface area contributed by atoms with Crippen LogP contribution >= 0.6 is 11.3 Å². The first-order valence-corrected chi connectivity index (χ1v) is 10.1. The number of hydrogen-bond donors (Lipinski definition) is 2. The second kappa shape index (κ2) is 7.43. The number of nitrogens with one attached hydrogen (secondary N) is 2. The summed E-state index contributed by atoms with van der Waals surface area (Å²) < 4.78 is 25.0. The Labute approximate surface area is 135 Å². The van der Waals surface area contributed by atoms with Crippen LogP contribution < -0.4 is 10.0 Å². The first-order valence-electron chi connectivity index (χ1n) is 7.52. The maximum atomic E-state index is 12.2. The molecule has 0 radical (unpaired) electrons. The van der Waals surface area contributed by atoms with Crippen LogP contribution in [0.2, 0.25) is 0 Å². The van der Waals surface area contributed by atoms with Crippen molar-refractivity contribution in [1.29, 1.82) is 0 Å². The number of carbonyl (C=O) groups is 1. The van der Waals surface area contributed by atoms with Crippen molar-refractivity contribution >= 4 is 27.4 Å². The molecule has 1 aromatic rings. The number of nitrogens with zero attached hydrogens (tertiary/aromatic N) is 1. The van der Waals surface area contributed by atoms with E-state index in [2.05, 4.69) is 21.5 Å². The molecule has 8 heteroatoms. The SMILES string of the molecule is CCS(=O)(=O)NCCCNC(=O)N1CCc2sccc2[C@@H]1C. The van der Waals surface area contributed by atoms with E-state index in [4.69, 9.17) is 0 Å². The van der Waals surface area contributed by atoms with Gasteiger partial charge < -0.3 is 10.2 Å². The molecule has 0 aromatic carbocycles. The Morgan fingerprint density at radius 1 is 1.45 bits per heavy atom. The van der Waals surface area contributed by atoms with Gasteiger partial charge in [0.05, 0.1) is 11.8 Å². The molecule has 0 aliphatic carbocycles. The molecule has 0 bridgehead atoms. The van der Waals surface area contributed by atoms with Crippen LogP contribution in [-0.2, 0) is 16.4 Å². The van der Waals surface area contributed by atoms with E-state index in [-0.39, 0.29) is 17.8 Å². The number of urea groups is 1. The minimum Gasteiger partial charge on any atom is -0.338 e. The second-order valence-electron chi connectivity index (χ2n) is 5.30. The quantitative estimate of drug-likeness (QED) is 0.771. The lowest BCUT2D eigenvalue weighted by molar-refractivity contribution is 0.175. The van der Waals surface area contributed by atoms with Gasteiger partial charge in [0.15, 0.2) is 0 Å². The predicted molar refractivity (Wildman–Crippen MR) is 88.6 cm³/mol. The highest BCUT2D eigenvalue weighted by Crippen LogP contribution is 2.32. The zero-order valence-electron chi connectivity index (χ0n) is 13.0. The van der Waals surface area contributed by atoms with E-state index in [1.807, 2.05) is 11.8 Å². The number of carbonyl (C=O) groups excluding carboxylic acids is 1. The van der Waals surface area contributed by atoms with Gasteiger partial charge in [0.1, 0.15) is 0 Å². The number of fused-ring (bicyclic) bond motifs is 1. The topological polar surface area (TPSA) is 78.5 Å². The maximum Gasteiger partial charge on any atom is 0.317 e. The molecule has 0 unspecified atom stereocenters. The van der Waals surface area contributed by atoms with Gasteiger partial charge in [0.25, 0.3) is 0 Å². The smallest absolute Gasteiger partial charge is 0.317 e. The summed E-state index contributed by atoms with van der Waals surface area (Å²) in [7, 11) is -3.15. The standard InChI is InChI=1S/C14H23N3O3S2/c1-3-22(19,20)16-8-4-7-15-14(18)17-9-5-13-12(11(17)2)6-10-21-13/h6,10-11,16H,3-5,7-9H2,1-2H3,(H,15,18)/t11-/m0/s1. The van der Waals surface area contributed by atoms with Crippen molar-refractivity contribution in [3.8, 4) is 0 Å². The van der Waals surface area contributed by atoms with Gasteiger partial charge in [-0.25, -0.2) is 17.9 Å². The Balaban J connectivity index is 1.74. The van der Waals surface area contributed by atoms with Crippen molar-refractivity contribution in [2.24, 2.45) is 0 Å². The Kier molecular flexibility index (Phi) is 5.82. The van der Waals surface area contributed by atoms with Gasteiger partial charge in [0.2, 0.25) is 10.0 Å². The largest absolute Gasteiger partial charge is 0.338 e. The van der Waals surface area contributed by atoms with Gasteiger partial charge in [-0.1, -0.05) is 0 Å². The molecule has 1 atom stereocenters. The lowest BCUT2D eigenvalue weighted by Gasteiger charge is -2.33. The molecule has 6 nitrogen and oxygen atoms in total. The number of thiophene rings is 1. The first-order chi connectivity index (χ1) is 10.4. The molecule has 2 N–H and O–H groups in total. The summed E-state index contributed by atoms with van der Waals surface area (Å²) in [5.41, 5.74) is 1.24. The summed E-state index contributed by atoms with van der Waals surface area (Å²) in [6.45, 7) is 5.18. The number of hydrogen-bond acceptors (Lipinski definition) is 4. The summed E-state index contributed by atoms with van der Waals surface area (Å²) in [5.74, 6) is 0.0770. The van der Waals surface area contributed by atoms with E-state index >= 15 is 0 Å². The van der Waals surface area contributed by atoms with E-state index in [1.54, 1.807) is 18.3 Å². The van der Waals surface area contributed by atoms with Gasteiger partial charge in [-0.3, -0.25) is 0 Å². The van der Waals surface area contributed by atoms with Crippen LogP contribution in [0.5, 0.6) is 0 Å².